The topological polar surface area (TPSA) is 60.1 Å². The van der Waals surface area contributed by atoms with E-state index in [1.165, 1.54) is 19.3 Å². The molecule has 0 atom stereocenters. The Morgan fingerprint density at radius 3 is 2.71 bits per heavy atom. The molecule has 94 valence electrons. The maximum Gasteiger partial charge on any atom is 0.267 e. The van der Waals surface area contributed by atoms with Crippen molar-refractivity contribution in [3.05, 3.63) is 18.0 Å². The first-order chi connectivity index (χ1) is 8.06. The third-order valence-electron chi connectivity index (χ3n) is 4.05. The van der Waals surface area contributed by atoms with Crippen LogP contribution in [0.15, 0.2) is 12.3 Å². The van der Waals surface area contributed by atoms with Gasteiger partial charge in [-0.25, -0.2) is 0 Å². The SMILES string of the molecule is CCC1(CNC(=O)c2cc(N)cn2C)CCC1. The van der Waals surface area contributed by atoms with Gasteiger partial charge in [0.05, 0.1) is 5.69 Å². The quantitative estimate of drug-likeness (QED) is 0.837. The highest BCUT2D eigenvalue weighted by molar-refractivity contribution is 5.93. The number of hydrogen-bond donors (Lipinski definition) is 2. The van der Waals surface area contributed by atoms with Crippen molar-refractivity contribution in [1.82, 2.24) is 9.88 Å². The Kier molecular flexibility index (Phi) is 3.13. The fourth-order valence-electron chi connectivity index (χ4n) is 2.51. The summed E-state index contributed by atoms with van der Waals surface area (Å²) in [6.45, 7) is 2.99. The van der Waals surface area contributed by atoms with Crippen LogP contribution in [0.25, 0.3) is 0 Å². The Balaban J connectivity index is 1.95. The van der Waals surface area contributed by atoms with E-state index in [2.05, 4.69) is 12.2 Å². The minimum Gasteiger partial charge on any atom is -0.397 e. The van der Waals surface area contributed by atoms with Crippen LogP contribution in [-0.2, 0) is 7.05 Å². The number of hydrogen-bond acceptors (Lipinski definition) is 2. The van der Waals surface area contributed by atoms with E-state index in [4.69, 9.17) is 5.73 Å². The Bertz CT molecular complexity index is 413. The molecule has 2 rings (SSSR count). The Labute approximate surface area is 102 Å². The van der Waals surface area contributed by atoms with Gasteiger partial charge in [0.15, 0.2) is 0 Å². The lowest BCUT2D eigenvalue weighted by molar-refractivity contribution is 0.0842. The highest BCUT2D eigenvalue weighted by Gasteiger charge is 2.35. The van der Waals surface area contributed by atoms with Crippen LogP contribution in [0.3, 0.4) is 0 Å². The number of aromatic nitrogens is 1. The first-order valence-electron chi connectivity index (χ1n) is 6.26. The standard InChI is InChI=1S/C13H21N3O/c1-3-13(5-4-6-13)9-15-12(17)11-7-10(14)8-16(11)2/h7-8H,3-6,9,14H2,1-2H3,(H,15,17). The molecule has 0 spiro atoms. The number of aryl methyl sites for hydroxylation is 1. The summed E-state index contributed by atoms with van der Waals surface area (Å²) in [4.78, 5) is 12.0. The van der Waals surface area contributed by atoms with Gasteiger partial charge in [0.25, 0.3) is 5.91 Å². The minimum absolute atomic E-state index is 0.0241. The highest BCUT2D eigenvalue weighted by Crippen LogP contribution is 2.43. The normalized spacial score (nSPS) is 17.5. The summed E-state index contributed by atoms with van der Waals surface area (Å²) in [5.41, 5.74) is 7.28. The second-order valence-corrected chi connectivity index (χ2v) is 5.16. The number of carbonyl (C=O) groups excluding carboxylic acids is 1. The van der Waals surface area contributed by atoms with Gasteiger partial charge in [-0.1, -0.05) is 13.3 Å². The third-order valence-corrected chi connectivity index (χ3v) is 4.05. The summed E-state index contributed by atoms with van der Waals surface area (Å²) in [6, 6.07) is 1.72. The molecule has 1 aliphatic rings. The van der Waals surface area contributed by atoms with E-state index in [-0.39, 0.29) is 5.91 Å². The lowest BCUT2D eigenvalue weighted by Gasteiger charge is -2.41. The molecule has 1 aromatic heterocycles. The van der Waals surface area contributed by atoms with Crippen LogP contribution in [-0.4, -0.2) is 17.0 Å². The molecule has 0 saturated heterocycles. The molecule has 4 heteroatoms. The maximum atomic E-state index is 12.0. The Morgan fingerprint density at radius 2 is 2.29 bits per heavy atom. The molecule has 0 bridgehead atoms. The predicted molar refractivity (Wildman–Crippen MR) is 68.7 cm³/mol. The zero-order valence-corrected chi connectivity index (χ0v) is 10.6. The van der Waals surface area contributed by atoms with Crippen LogP contribution in [0.2, 0.25) is 0 Å². The molecule has 1 saturated carbocycles. The number of anilines is 1. The van der Waals surface area contributed by atoms with Gasteiger partial charge in [-0.15, -0.1) is 0 Å². The molecule has 0 unspecified atom stereocenters. The second kappa shape index (κ2) is 4.43. The van der Waals surface area contributed by atoms with Crippen molar-refractivity contribution in [2.75, 3.05) is 12.3 Å². The highest BCUT2D eigenvalue weighted by atomic mass is 16.1. The summed E-state index contributed by atoms with van der Waals surface area (Å²) >= 11 is 0. The van der Waals surface area contributed by atoms with Crippen LogP contribution in [0.5, 0.6) is 0 Å². The molecule has 17 heavy (non-hydrogen) atoms. The average Bonchev–Trinajstić information content (AvgIpc) is 2.57. The van der Waals surface area contributed by atoms with Crippen LogP contribution in [0.1, 0.15) is 43.1 Å². The van der Waals surface area contributed by atoms with Gasteiger partial charge in [-0.05, 0) is 30.7 Å². The maximum absolute atomic E-state index is 12.0. The van der Waals surface area contributed by atoms with Crippen molar-refractivity contribution < 1.29 is 4.79 Å². The molecule has 3 N–H and O–H groups in total. The summed E-state index contributed by atoms with van der Waals surface area (Å²) < 4.78 is 1.77. The third kappa shape index (κ3) is 2.30. The van der Waals surface area contributed by atoms with Gasteiger partial charge in [-0.3, -0.25) is 4.79 Å². The number of nitrogens with two attached hydrogens (primary N) is 1. The van der Waals surface area contributed by atoms with Crippen LogP contribution in [0, 0.1) is 5.41 Å². The molecule has 0 radical (unpaired) electrons. The van der Waals surface area contributed by atoms with E-state index in [1.807, 2.05) is 7.05 Å². The molecule has 1 heterocycles. The average molecular weight is 235 g/mol. The van der Waals surface area contributed by atoms with E-state index in [1.54, 1.807) is 16.8 Å². The van der Waals surface area contributed by atoms with Gasteiger partial charge < -0.3 is 15.6 Å². The Morgan fingerprint density at radius 1 is 1.59 bits per heavy atom. The molecule has 0 aliphatic heterocycles. The fourth-order valence-corrected chi connectivity index (χ4v) is 2.51. The molecule has 1 fully saturated rings. The predicted octanol–water partition coefficient (Wildman–Crippen LogP) is 1.92. The van der Waals surface area contributed by atoms with E-state index in [0.717, 1.165) is 13.0 Å². The minimum atomic E-state index is -0.0241. The van der Waals surface area contributed by atoms with Crippen molar-refractivity contribution in [1.29, 1.82) is 0 Å². The van der Waals surface area contributed by atoms with Crippen molar-refractivity contribution in [3.8, 4) is 0 Å². The number of rotatable bonds is 4. The number of nitrogens with one attached hydrogen (secondary N) is 1. The van der Waals surface area contributed by atoms with Crippen molar-refractivity contribution in [2.24, 2.45) is 12.5 Å². The first kappa shape index (κ1) is 12.0. The van der Waals surface area contributed by atoms with Crippen molar-refractivity contribution in [2.45, 2.75) is 32.6 Å². The molecular formula is C13H21N3O. The van der Waals surface area contributed by atoms with E-state index in [9.17, 15) is 4.79 Å². The van der Waals surface area contributed by atoms with E-state index < -0.39 is 0 Å². The molecule has 4 nitrogen and oxygen atoms in total. The summed E-state index contributed by atoms with van der Waals surface area (Å²) in [6.07, 6.45) is 6.66. The number of nitrogens with zero attached hydrogens (tertiary/aromatic N) is 1. The zero-order valence-electron chi connectivity index (χ0n) is 10.6. The zero-order chi connectivity index (χ0) is 12.5. The van der Waals surface area contributed by atoms with E-state index in [0.29, 0.717) is 16.8 Å². The molecule has 0 aromatic carbocycles. The Hall–Kier alpha value is -1.45. The van der Waals surface area contributed by atoms with Crippen LogP contribution in [0.4, 0.5) is 5.69 Å². The lowest BCUT2D eigenvalue weighted by Crippen LogP contribution is -2.42. The fraction of sp³-hybridized carbons (Fsp3) is 0.615. The number of amides is 1. The molecular weight excluding hydrogens is 214 g/mol. The summed E-state index contributed by atoms with van der Waals surface area (Å²) in [7, 11) is 1.84. The van der Waals surface area contributed by atoms with Crippen LogP contribution >= 0.6 is 0 Å². The lowest BCUT2D eigenvalue weighted by atomic mass is 9.67. The number of carbonyl (C=O) groups is 1. The molecule has 1 amide bonds. The molecule has 1 aliphatic carbocycles. The van der Waals surface area contributed by atoms with Crippen molar-refractivity contribution >= 4 is 11.6 Å². The van der Waals surface area contributed by atoms with Crippen molar-refractivity contribution in [3.63, 3.8) is 0 Å². The molecule has 1 aromatic rings. The van der Waals surface area contributed by atoms with Crippen LogP contribution < -0.4 is 11.1 Å². The number of nitrogen functional groups attached to an aromatic ring is 1. The van der Waals surface area contributed by atoms with Gasteiger partial charge >= 0.3 is 0 Å². The first-order valence-corrected chi connectivity index (χ1v) is 6.26. The largest absolute Gasteiger partial charge is 0.397 e. The van der Waals surface area contributed by atoms with Gasteiger partial charge in [0.1, 0.15) is 5.69 Å². The smallest absolute Gasteiger partial charge is 0.267 e. The van der Waals surface area contributed by atoms with Gasteiger partial charge in [0.2, 0.25) is 0 Å². The monoisotopic (exact) mass is 235 g/mol. The second-order valence-electron chi connectivity index (χ2n) is 5.16. The van der Waals surface area contributed by atoms with Gasteiger partial charge in [0, 0.05) is 19.8 Å². The van der Waals surface area contributed by atoms with Gasteiger partial charge in [-0.2, -0.15) is 0 Å². The summed E-state index contributed by atoms with van der Waals surface area (Å²) in [5, 5.41) is 3.03. The summed E-state index contributed by atoms with van der Waals surface area (Å²) in [5.74, 6) is -0.0241. The van der Waals surface area contributed by atoms with E-state index >= 15 is 0 Å².